The van der Waals surface area contributed by atoms with Crippen LogP contribution in [-0.2, 0) is 4.79 Å². The van der Waals surface area contributed by atoms with Gasteiger partial charge in [0.25, 0.3) is 5.56 Å². The molecule has 1 aromatic heterocycles. The number of pyridine rings is 1. The molecule has 0 radical (unpaired) electrons. The van der Waals surface area contributed by atoms with E-state index in [1.807, 2.05) is 0 Å². The van der Waals surface area contributed by atoms with Gasteiger partial charge < -0.3 is 14.6 Å². The summed E-state index contributed by atoms with van der Waals surface area (Å²) in [4.78, 5) is 24.1. The molecule has 1 aromatic carbocycles. The molecular weight excluding hydrogens is 372 g/mol. The van der Waals surface area contributed by atoms with Crippen LogP contribution in [0.2, 0.25) is 5.02 Å². The van der Waals surface area contributed by atoms with Gasteiger partial charge in [0.2, 0.25) is 5.91 Å². The Morgan fingerprint density at radius 2 is 2.09 bits per heavy atom. The second-order valence-electron chi connectivity index (χ2n) is 4.61. The average molecular weight is 386 g/mol. The number of carbonyl (C=O) groups is 1. The first-order valence-corrected chi connectivity index (χ1v) is 7.61. The smallest absolute Gasteiger partial charge is 0.251 e. The van der Waals surface area contributed by atoms with Crippen molar-refractivity contribution in [2.24, 2.45) is 0 Å². The first-order chi connectivity index (χ1) is 10.4. The second kappa shape index (κ2) is 6.98. The van der Waals surface area contributed by atoms with Crippen LogP contribution in [0.5, 0.6) is 5.75 Å². The zero-order valence-electron chi connectivity index (χ0n) is 12.0. The first-order valence-electron chi connectivity index (χ1n) is 6.44. The van der Waals surface area contributed by atoms with Crippen molar-refractivity contribution in [1.82, 2.24) is 4.57 Å². The highest BCUT2D eigenvalue weighted by Crippen LogP contribution is 2.27. The summed E-state index contributed by atoms with van der Waals surface area (Å²) < 4.78 is 7.13. The molecule has 2 rings (SSSR count). The van der Waals surface area contributed by atoms with E-state index < -0.39 is 6.04 Å². The van der Waals surface area contributed by atoms with Crippen molar-refractivity contribution < 1.29 is 9.53 Å². The Balaban J connectivity index is 2.19. The Morgan fingerprint density at radius 3 is 2.73 bits per heavy atom. The topological polar surface area (TPSA) is 60.3 Å². The molecule has 116 valence electrons. The molecule has 0 spiro atoms. The SMILES string of the molecule is COc1ccc(NC(=O)C(C)n2cc(Br)ccc2=O)cc1Cl. The van der Waals surface area contributed by atoms with Crippen molar-refractivity contribution in [2.75, 3.05) is 12.4 Å². The van der Waals surface area contributed by atoms with Gasteiger partial charge in [-0.05, 0) is 47.1 Å². The molecule has 1 heterocycles. The molecule has 0 fully saturated rings. The van der Waals surface area contributed by atoms with Gasteiger partial charge in [-0.25, -0.2) is 0 Å². The number of methoxy groups -OCH3 is 1. The summed E-state index contributed by atoms with van der Waals surface area (Å²) >= 11 is 9.30. The fraction of sp³-hybridized carbons (Fsp3) is 0.200. The summed E-state index contributed by atoms with van der Waals surface area (Å²) in [5.74, 6) is 0.206. The van der Waals surface area contributed by atoms with E-state index in [1.165, 1.54) is 17.7 Å². The van der Waals surface area contributed by atoms with Gasteiger partial charge in [-0.2, -0.15) is 0 Å². The molecule has 5 nitrogen and oxygen atoms in total. The third-order valence-corrected chi connectivity index (χ3v) is 3.88. The summed E-state index contributed by atoms with van der Waals surface area (Å²) in [5.41, 5.74) is 0.282. The third kappa shape index (κ3) is 3.69. The van der Waals surface area contributed by atoms with Crippen LogP contribution in [0.4, 0.5) is 5.69 Å². The maximum atomic E-state index is 12.3. The summed E-state index contributed by atoms with van der Waals surface area (Å²) in [6.45, 7) is 1.65. The number of halogens is 2. The number of ether oxygens (including phenoxy) is 1. The zero-order valence-corrected chi connectivity index (χ0v) is 14.3. The quantitative estimate of drug-likeness (QED) is 0.876. The van der Waals surface area contributed by atoms with Crippen molar-refractivity contribution in [2.45, 2.75) is 13.0 Å². The number of benzene rings is 1. The van der Waals surface area contributed by atoms with Crippen molar-refractivity contribution in [1.29, 1.82) is 0 Å². The predicted octanol–water partition coefficient (Wildman–Crippen LogP) is 3.47. The Morgan fingerprint density at radius 1 is 1.36 bits per heavy atom. The van der Waals surface area contributed by atoms with Crippen molar-refractivity contribution in [3.63, 3.8) is 0 Å². The van der Waals surface area contributed by atoms with Crippen LogP contribution in [0, 0.1) is 0 Å². The number of anilines is 1. The number of carbonyl (C=O) groups excluding carboxylic acids is 1. The van der Waals surface area contributed by atoms with E-state index in [9.17, 15) is 9.59 Å². The van der Waals surface area contributed by atoms with E-state index in [0.29, 0.717) is 16.5 Å². The van der Waals surface area contributed by atoms with Gasteiger partial charge in [-0.15, -0.1) is 0 Å². The predicted molar refractivity (Wildman–Crippen MR) is 89.7 cm³/mol. The number of nitrogens with zero attached hydrogens (tertiary/aromatic N) is 1. The molecule has 0 bridgehead atoms. The van der Waals surface area contributed by atoms with Gasteiger partial charge in [0, 0.05) is 22.4 Å². The van der Waals surface area contributed by atoms with E-state index in [1.54, 1.807) is 37.4 Å². The average Bonchev–Trinajstić information content (AvgIpc) is 2.49. The maximum absolute atomic E-state index is 12.3. The van der Waals surface area contributed by atoms with E-state index in [-0.39, 0.29) is 11.5 Å². The first kappa shape index (κ1) is 16.6. The largest absolute Gasteiger partial charge is 0.495 e. The van der Waals surface area contributed by atoms with E-state index >= 15 is 0 Å². The number of amides is 1. The van der Waals surface area contributed by atoms with Crippen LogP contribution >= 0.6 is 27.5 Å². The fourth-order valence-corrected chi connectivity index (χ4v) is 2.51. The molecule has 0 aliphatic heterocycles. The van der Waals surface area contributed by atoms with Gasteiger partial charge in [-0.3, -0.25) is 9.59 Å². The van der Waals surface area contributed by atoms with Gasteiger partial charge >= 0.3 is 0 Å². The highest BCUT2D eigenvalue weighted by Gasteiger charge is 2.16. The van der Waals surface area contributed by atoms with Crippen LogP contribution < -0.4 is 15.6 Å². The lowest BCUT2D eigenvalue weighted by Gasteiger charge is -2.15. The molecule has 7 heteroatoms. The summed E-state index contributed by atoms with van der Waals surface area (Å²) in [7, 11) is 1.52. The Bertz CT molecular complexity index is 761. The third-order valence-electron chi connectivity index (χ3n) is 3.12. The van der Waals surface area contributed by atoms with Crippen LogP contribution in [-0.4, -0.2) is 17.6 Å². The zero-order chi connectivity index (χ0) is 16.3. The number of rotatable bonds is 4. The van der Waals surface area contributed by atoms with Crippen molar-refractivity contribution in [3.05, 3.63) is 56.4 Å². The van der Waals surface area contributed by atoms with E-state index in [0.717, 1.165) is 4.47 Å². The number of nitrogens with one attached hydrogen (secondary N) is 1. The lowest BCUT2D eigenvalue weighted by molar-refractivity contribution is -0.118. The Kier molecular flexibility index (Phi) is 5.26. The molecule has 0 saturated heterocycles. The van der Waals surface area contributed by atoms with E-state index in [2.05, 4.69) is 21.2 Å². The minimum atomic E-state index is -0.661. The van der Waals surface area contributed by atoms with E-state index in [4.69, 9.17) is 16.3 Å². The molecule has 1 N–H and O–H groups in total. The summed E-state index contributed by atoms with van der Waals surface area (Å²) in [5, 5.41) is 3.12. The van der Waals surface area contributed by atoms with Crippen LogP contribution in [0.25, 0.3) is 0 Å². The lowest BCUT2D eigenvalue weighted by atomic mass is 10.2. The van der Waals surface area contributed by atoms with Gasteiger partial charge in [0.15, 0.2) is 0 Å². The van der Waals surface area contributed by atoms with Crippen LogP contribution in [0.3, 0.4) is 0 Å². The lowest BCUT2D eigenvalue weighted by Crippen LogP contribution is -2.30. The van der Waals surface area contributed by atoms with Gasteiger partial charge in [0.1, 0.15) is 11.8 Å². The Hall–Kier alpha value is -1.79. The maximum Gasteiger partial charge on any atom is 0.251 e. The Labute approximate surface area is 141 Å². The highest BCUT2D eigenvalue weighted by atomic mass is 79.9. The number of hydrogen-bond acceptors (Lipinski definition) is 3. The van der Waals surface area contributed by atoms with Crippen LogP contribution in [0.1, 0.15) is 13.0 Å². The van der Waals surface area contributed by atoms with Crippen molar-refractivity contribution >= 4 is 39.1 Å². The molecule has 2 aromatic rings. The molecule has 1 unspecified atom stereocenters. The molecule has 0 aliphatic carbocycles. The summed E-state index contributed by atoms with van der Waals surface area (Å²) in [6.07, 6.45) is 1.58. The highest BCUT2D eigenvalue weighted by molar-refractivity contribution is 9.10. The molecule has 22 heavy (non-hydrogen) atoms. The molecule has 0 aliphatic rings. The minimum absolute atomic E-state index is 0.251. The molecule has 0 saturated carbocycles. The number of aromatic nitrogens is 1. The van der Waals surface area contributed by atoms with Crippen molar-refractivity contribution in [3.8, 4) is 5.75 Å². The standard InChI is InChI=1S/C15H14BrClN2O3/c1-9(19-8-10(16)3-6-14(19)20)15(21)18-11-4-5-13(22-2)12(17)7-11/h3-9H,1-2H3,(H,18,21). The number of hydrogen-bond donors (Lipinski definition) is 1. The molecular formula is C15H14BrClN2O3. The van der Waals surface area contributed by atoms with Gasteiger partial charge in [0.05, 0.1) is 12.1 Å². The van der Waals surface area contributed by atoms with Gasteiger partial charge in [-0.1, -0.05) is 11.6 Å². The fourth-order valence-electron chi connectivity index (χ4n) is 1.90. The normalized spacial score (nSPS) is 11.8. The molecule has 1 amide bonds. The second-order valence-corrected chi connectivity index (χ2v) is 5.93. The minimum Gasteiger partial charge on any atom is -0.495 e. The molecule has 1 atom stereocenters. The van der Waals surface area contributed by atoms with Crippen LogP contribution in [0.15, 0.2) is 45.8 Å². The summed E-state index contributed by atoms with van der Waals surface area (Å²) in [6, 6.07) is 7.30. The monoisotopic (exact) mass is 384 g/mol.